The number of halogens is 2. The minimum Gasteiger partial charge on any atom is -0.453 e. The van der Waals surface area contributed by atoms with E-state index in [1.165, 1.54) is 19.2 Å². The van der Waals surface area contributed by atoms with Crippen molar-refractivity contribution in [3.63, 3.8) is 0 Å². The minimum absolute atomic E-state index is 0.0111. The third-order valence-corrected chi connectivity index (χ3v) is 3.88. The van der Waals surface area contributed by atoms with Crippen LogP contribution < -0.4 is 10.6 Å². The summed E-state index contributed by atoms with van der Waals surface area (Å²) in [6.45, 7) is 0. The van der Waals surface area contributed by atoms with Crippen molar-refractivity contribution in [2.45, 2.75) is 12.3 Å². The predicted octanol–water partition coefficient (Wildman–Crippen LogP) is 3.62. The molecule has 124 valence electrons. The van der Waals surface area contributed by atoms with E-state index in [1.807, 2.05) is 0 Å². The molecule has 1 aliphatic heterocycles. The van der Waals surface area contributed by atoms with E-state index in [9.17, 15) is 18.4 Å². The van der Waals surface area contributed by atoms with Gasteiger partial charge < -0.3 is 10.1 Å². The molecule has 0 aliphatic carbocycles. The van der Waals surface area contributed by atoms with Crippen molar-refractivity contribution in [2.75, 3.05) is 17.7 Å². The third kappa shape index (κ3) is 2.92. The van der Waals surface area contributed by atoms with E-state index >= 15 is 0 Å². The van der Waals surface area contributed by atoms with Gasteiger partial charge in [-0.05, 0) is 29.3 Å². The molecule has 0 saturated carbocycles. The lowest BCUT2D eigenvalue weighted by atomic mass is 9.84. The first-order chi connectivity index (χ1) is 11.5. The molecule has 2 aromatic carbocycles. The van der Waals surface area contributed by atoms with Gasteiger partial charge in [0.15, 0.2) is 11.6 Å². The van der Waals surface area contributed by atoms with Crippen LogP contribution in [0.5, 0.6) is 0 Å². The van der Waals surface area contributed by atoms with E-state index in [0.717, 1.165) is 6.07 Å². The molecular formula is C17H14F2N2O3. The number of fused-ring (bicyclic) bond motifs is 1. The zero-order chi connectivity index (χ0) is 17.3. The molecule has 5 nitrogen and oxygen atoms in total. The van der Waals surface area contributed by atoms with E-state index in [4.69, 9.17) is 0 Å². The van der Waals surface area contributed by atoms with Crippen molar-refractivity contribution in [1.82, 2.24) is 0 Å². The van der Waals surface area contributed by atoms with E-state index in [1.54, 1.807) is 18.2 Å². The molecule has 1 unspecified atom stereocenters. The van der Waals surface area contributed by atoms with Crippen molar-refractivity contribution >= 4 is 23.4 Å². The summed E-state index contributed by atoms with van der Waals surface area (Å²) >= 11 is 0. The zero-order valence-corrected chi connectivity index (χ0v) is 12.7. The average molecular weight is 332 g/mol. The highest BCUT2D eigenvalue weighted by Crippen LogP contribution is 2.39. The Bertz CT molecular complexity index is 823. The fourth-order valence-corrected chi connectivity index (χ4v) is 2.78. The Labute approximate surface area is 136 Å². The number of rotatable bonds is 2. The normalized spacial score (nSPS) is 16.1. The van der Waals surface area contributed by atoms with Gasteiger partial charge in [0.1, 0.15) is 0 Å². The lowest BCUT2D eigenvalue weighted by molar-refractivity contribution is -0.116. The highest BCUT2D eigenvalue weighted by atomic mass is 19.2. The molecule has 0 saturated heterocycles. The highest BCUT2D eigenvalue weighted by molar-refractivity contribution is 5.96. The molecule has 1 aliphatic rings. The highest BCUT2D eigenvalue weighted by Gasteiger charge is 2.29. The van der Waals surface area contributed by atoms with Crippen molar-refractivity contribution in [3.8, 4) is 0 Å². The number of carbonyl (C=O) groups excluding carboxylic acids is 2. The number of hydrogen-bond donors (Lipinski definition) is 2. The summed E-state index contributed by atoms with van der Waals surface area (Å²) in [5.41, 5.74) is 1.63. The molecule has 1 heterocycles. The molecule has 24 heavy (non-hydrogen) atoms. The monoisotopic (exact) mass is 332 g/mol. The molecule has 0 spiro atoms. The summed E-state index contributed by atoms with van der Waals surface area (Å²) in [6, 6.07) is 8.73. The third-order valence-electron chi connectivity index (χ3n) is 3.88. The summed E-state index contributed by atoms with van der Waals surface area (Å²) in [7, 11) is 1.23. The number of methoxy groups -OCH3 is 1. The first-order valence-corrected chi connectivity index (χ1v) is 7.22. The van der Waals surface area contributed by atoms with Gasteiger partial charge in [-0.15, -0.1) is 0 Å². The minimum atomic E-state index is -0.958. The Morgan fingerprint density at radius 2 is 2.04 bits per heavy atom. The average Bonchev–Trinajstić information content (AvgIpc) is 2.56. The zero-order valence-electron chi connectivity index (χ0n) is 12.7. The Morgan fingerprint density at radius 1 is 1.25 bits per heavy atom. The van der Waals surface area contributed by atoms with Crippen LogP contribution in [0.3, 0.4) is 0 Å². The maximum Gasteiger partial charge on any atom is 0.411 e. The molecule has 0 fully saturated rings. The number of ether oxygens (including phenoxy) is 1. The van der Waals surface area contributed by atoms with Crippen LogP contribution in [0.15, 0.2) is 36.4 Å². The number of benzene rings is 2. The van der Waals surface area contributed by atoms with Gasteiger partial charge in [0, 0.05) is 23.7 Å². The van der Waals surface area contributed by atoms with Crippen molar-refractivity contribution in [3.05, 3.63) is 59.2 Å². The van der Waals surface area contributed by atoms with Gasteiger partial charge in [-0.2, -0.15) is 0 Å². The number of anilines is 2. The fraction of sp³-hybridized carbons (Fsp3) is 0.176. The molecule has 2 aromatic rings. The Kier molecular flexibility index (Phi) is 4.16. The summed E-state index contributed by atoms with van der Waals surface area (Å²) in [5.74, 6) is -2.83. The van der Waals surface area contributed by atoms with Crippen molar-refractivity contribution in [1.29, 1.82) is 0 Å². The van der Waals surface area contributed by atoms with Crippen molar-refractivity contribution < 1.29 is 23.1 Å². The smallest absolute Gasteiger partial charge is 0.411 e. The molecular weight excluding hydrogens is 318 g/mol. The largest absolute Gasteiger partial charge is 0.453 e. The molecule has 2 amide bonds. The summed E-state index contributed by atoms with van der Waals surface area (Å²) in [6.07, 6.45) is -0.637. The molecule has 0 bridgehead atoms. The molecule has 1 atom stereocenters. The topological polar surface area (TPSA) is 67.4 Å². The van der Waals surface area contributed by atoms with Gasteiger partial charge in [0.2, 0.25) is 5.91 Å². The number of carbonyl (C=O) groups is 2. The van der Waals surface area contributed by atoms with Gasteiger partial charge in [0.25, 0.3) is 0 Å². The van der Waals surface area contributed by atoms with Crippen LogP contribution in [0.25, 0.3) is 0 Å². The van der Waals surface area contributed by atoms with Gasteiger partial charge in [-0.1, -0.05) is 18.2 Å². The van der Waals surface area contributed by atoms with E-state index < -0.39 is 23.6 Å². The van der Waals surface area contributed by atoms with Crippen LogP contribution in [0.2, 0.25) is 0 Å². The van der Waals surface area contributed by atoms with Crippen LogP contribution in [-0.4, -0.2) is 19.1 Å². The van der Waals surface area contributed by atoms with Gasteiger partial charge in [0.05, 0.1) is 7.11 Å². The maximum atomic E-state index is 14.1. The maximum absolute atomic E-state index is 14.1. The summed E-state index contributed by atoms with van der Waals surface area (Å²) in [5, 5.41) is 5.16. The van der Waals surface area contributed by atoms with E-state index in [0.29, 0.717) is 16.9 Å². The standard InChI is InChI=1S/C17H14F2N2O3/c1-24-17(23)20-9-5-6-10-12(8-15(22)21-14(10)7-9)11-3-2-4-13(18)16(11)19/h2-7,12H,8H2,1H3,(H,20,23)(H,21,22). The second-order valence-electron chi connectivity index (χ2n) is 5.37. The Morgan fingerprint density at radius 3 is 2.79 bits per heavy atom. The molecule has 3 rings (SSSR count). The SMILES string of the molecule is COC(=O)Nc1ccc2c(c1)NC(=O)CC2c1cccc(F)c1F. The summed E-state index contributed by atoms with van der Waals surface area (Å²) in [4.78, 5) is 23.2. The molecule has 7 heteroatoms. The Balaban J connectivity index is 2.02. The van der Waals surface area contributed by atoms with Crippen LogP contribution in [0, 0.1) is 11.6 Å². The van der Waals surface area contributed by atoms with Crippen molar-refractivity contribution in [2.24, 2.45) is 0 Å². The quantitative estimate of drug-likeness (QED) is 0.883. The van der Waals surface area contributed by atoms with Crippen LogP contribution in [0.1, 0.15) is 23.5 Å². The second-order valence-corrected chi connectivity index (χ2v) is 5.37. The molecule has 2 N–H and O–H groups in total. The van der Waals surface area contributed by atoms with Gasteiger partial charge in [-0.25, -0.2) is 13.6 Å². The molecule has 0 aromatic heterocycles. The number of hydrogen-bond acceptors (Lipinski definition) is 3. The lowest BCUT2D eigenvalue weighted by Gasteiger charge is -2.26. The fourth-order valence-electron chi connectivity index (χ4n) is 2.78. The Hall–Kier alpha value is -2.96. The second kappa shape index (κ2) is 6.27. The number of nitrogens with one attached hydrogen (secondary N) is 2. The first kappa shape index (κ1) is 15.9. The van der Waals surface area contributed by atoms with Crippen LogP contribution >= 0.6 is 0 Å². The van der Waals surface area contributed by atoms with Crippen LogP contribution in [-0.2, 0) is 9.53 Å². The molecule has 0 radical (unpaired) electrons. The predicted molar refractivity (Wildman–Crippen MR) is 83.9 cm³/mol. The van der Waals surface area contributed by atoms with E-state index in [-0.39, 0.29) is 17.9 Å². The number of amides is 2. The lowest BCUT2D eigenvalue weighted by Crippen LogP contribution is -2.24. The van der Waals surface area contributed by atoms with Crippen LogP contribution in [0.4, 0.5) is 25.0 Å². The van der Waals surface area contributed by atoms with Gasteiger partial charge >= 0.3 is 6.09 Å². The first-order valence-electron chi connectivity index (χ1n) is 7.22. The van der Waals surface area contributed by atoms with E-state index in [2.05, 4.69) is 15.4 Å². The summed E-state index contributed by atoms with van der Waals surface area (Å²) < 4.78 is 32.2. The van der Waals surface area contributed by atoms with Gasteiger partial charge in [-0.3, -0.25) is 10.1 Å².